The zero-order valence-corrected chi connectivity index (χ0v) is 43.6. The fourth-order valence-corrected chi connectivity index (χ4v) is 8.68. The molecule has 21 heteroatoms. The maximum Gasteiger partial charge on any atom is 0.522 e. The lowest BCUT2D eigenvalue weighted by Crippen LogP contribution is -2.53. The molecule has 2 fully saturated rings. The van der Waals surface area contributed by atoms with Crippen LogP contribution in [0.15, 0.2) is 45.8 Å². The van der Waals surface area contributed by atoms with Crippen LogP contribution in [0.4, 0.5) is 35.9 Å². The lowest BCUT2D eigenvalue weighted by molar-refractivity contribution is -0.326. The van der Waals surface area contributed by atoms with Crippen molar-refractivity contribution < 1.29 is 54.9 Å². The number of amides is 2. The van der Waals surface area contributed by atoms with Crippen LogP contribution in [-0.4, -0.2) is 115 Å². The van der Waals surface area contributed by atoms with Crippen molar-refractivity contribution in [1.29, 1.82) is 0 Å². The van der Waals surface area contributed by atoms with E-state index in [0.717, 1.165) is 43.1 Å². The van der Waals surface area contributed by atoms with Crippen LogP contribution in [0, 0.1) is 10.8 Å². The van der Waals surface area contributed by atoms with Gasteiger partial charge in [-0.05, 0) is 88.8 Å². The Morgan fingerprint density at radius 2 is 1.06 bits per heavy atom. The van der Waals surface area contributed by atoms with E-state index in [0.29, 0.717) is 44.3 Å². The highest BCUT2D eigenvalue weighted by molar-refractivity contribution is 9.10. The van der Waals surface area contributed by atoms with Gasteiger partial charge in [-0.3, -0.25) is 9.47 Å². The standard InChI is InChI=1S/C23H32F3N3O3S.C15H18BrF3N2O.C8H15NO2S/c1-21(2,3)12-19-27-17-11-15(7-8-18(17)29(19)9-10-31-23(24,25)26)33-16-13-28(14-16)20(30)32-22(4,5)6;1-14(2,3)9-13-20-11-8-10(16)4-5-12(11)21(13)6-7-22-15(17,18)19;1-8(2,3)11-7(10)9-4-6(12)5-9/h7-8,11,16H,9-10,12-14H2,1-6H3;4-5,8H,6-7,9H2,1-3H3;6,12H,4-5H2,1-3H3. The Morgan fingerprint density at radius 3 is 1.45 bits per heavy atom. The second-order valence-electron chi connectivity index (χ2n) is 20.9. The highest BCUT2D eigenvalue weighted by atomic mass is 79.9. The molecule has 0 bridgehead atoms. The number of hydrogen-bond acceptors (Lipinski definition) is 10. The molecule has 2 aliphatic heterocycles. The van der Waals surface area contributed by atoms with E-state index in [4.69, 9.17) is 14.5 Å². The molecule has 0 unspecified atom stereocenters. The molecule has 4 aromatic rings. The summed E-state index contributed by atoms with van der Waals surface area (Å²) in [6.07, 6.45) is -8.49. The first kappa shape index (κ1) is 56.2. The fraction of sp³-hybridized carbons (Fsp3) is 0.652. The Balaban J connectivity index is 0.000000246. The number of thioether (sulfide) groups is 1. The van der Waals surface area contributed by atoms with Crippen LogP contribution in [0.25, 0.3) is 22.1 Å². The first-order valence-electron chi connectivity index (χ1n) is 21.9. The van der Waals surface area contributed by atoms with E-state index in [1.807, 2.05) is 82.5 Å². The molecule has 0 saturated carbocycles. The summed E-state index contributed by atoms with van der Waals surface area (Å²) in [6.45, 7) is 25.4. The van der Waals surface area contributed by atoms with Crippen molar-refractivity contribution in [3.05, 3.63) is 52.5 Å². The van der Waals surface area contributed by atoms with E-state index in [-0.39, 0.29) is 41.4 Å². The van der Waals surface area contributed by atoms with Crippen LogP contribution in [0.3, 0.4) is 0 Å². The molecule has 0 radical (unpaired) electrons. The normalized spacial score (nSPS) is 15.4. The predicted octanol–water partition coefficient (Wildman–Crippen LogP) is 12.3. The molecule has 0 aliphatic carbocycles. The number of thiol groups is 1. The van der Waals surface area contributed by atoms with Crippen molar-refractivity contribution in [2.45, 2.75) is 148 Å². The number of carbonyl (C=O) groups is 2. The Kier molecular flexibility index (Phi) is 18.6. The van der Waals surface area contributed by atoms with Gasteiger partial charge >= 0.3 is 24.9 Å². The number of benzene rings is 2. The molecule has 2 saturated heterocycles. The average molecular weight is 1060 g/mol. The van der Waals surface area contributed by atoms with Crippen LogP contribution >= 0.6 is 40.3 Å². The molecule has 12 nitrogen and oxygen atoms in total. The summed E-state index contributed by atoms with van der Waals surface area (Å²) in [5.41, 5.74) is 2.12. The van der Waals surface area contributed by atoms with Gasteiger partial charge in [0, 0.05) is 72.0 Å². The zero-order chi connectivity index (χ0) is 50.5. The molecule has 6 rings (SSSR count). The number of rotatable bonds is 10. The first-order chi connectivity index (χ1) is 30.5. The van der Waals surface area contributed by atoms with Gasteiger partial charge < -0.3 is 28.4 Å². The number of carbonyl (C=O) groups excluding carboxylic acids is 2. The third-order valence-electron chi connectivity index (χ3n) is 9.44. The molecule has 0 spiro atoms. The van der Waals surface area contributed by atoms with Gasteiger partial charge in [-0.25, -0.2) is 19.6 Å². The maximum absolute atomic E-state index is 12.5. The van der Waals surface area contributed by atoms with Crippen molar-refractivity contribution >= 4 is 74.6 Å². The van der Waals surface area contributed by atoms with Crippen LogP contribution in [0.5, 0.6) is 0 Å². The quantitative estimate of drug-likeness (QED) is 0.123. The van der Waals surface area contributed by atoms with Gasteiger partial charge in [0.15, 0.2) is 0 Å². The van der Waals surface area contributed by atoms with Crippen LogP contribution in [-0.2, 0) is 44.9 Å². The minimum absolute atomic E-state index is 0.0127. The number of ether oxygens (including phenoxy) is 4. The summed E-state index contributed by atoms with van der Waals surface area (Å²) >= 11 is 9.25. The molecule has 2 amide bonds. The van der Waals surface area contributed by atoms with E-state index in [1.54, 1.807) is 26.1 Å². The van der Waals surface area contributed by atoms with Crippen molar-refractivity contribution in [1.82, 2.24) is 28.9 Å². The van der Waals surface area contributed by atoms with Gasteiger partial charge in [0.2, 0.25) is 0 Å². The topological polar surface area (TPSA) is 113 Å². The minimum atomic E-state index is -4.65. The average Bonchev–Trinajstić information content (AvgIpc) is 3.59. The molecule has 0 atom stereocenters. The third kappa shape index (κ3) is 19.5. The minimum Gasteiger partial charge on any atom is -0.444 e. The van der Waals surface area contributed by atoms with Crippen molar-refractivity contribution in [2.24, 2.45) is 10.8 Å². The molecule has 0 N–H and O–H groups in total. The highest BCUT2D eigenvalue weighted by Gasteiger charge is 2.35. The lowest BCUT2D eigenvalue weighted by Gasteiger charge is -2.39. The second-order valence-corrected chi connectivity index (χ2v) is 23.9. The summed E-state index contributed by atoms with van der Waals surface area (Å²) in [5.74, 6) is 1.51. The molecular formula is C46H65BrF6N6O6S2. The summed E-state index contributed by atoms with van der Waals surface area (Å²) < 4.78 is 96.8. The number of imidazole rings is 2. The van der Waals surface area contributed by atoms with Gasteiger partial charge in [0.05, 0.1) is 35.3 Å². The molecule has 376 valence electrons. The van der Waals surface area contributed by atoms with Gasteiger partial charge in [-0.1, -0.05) is 57.5 Å². The molecule has 2 aromatic heterocycles. The largest absolute Gasteiger partial charge is 0.522 e. The number of alkyl halides is 6. The number of nitrogens with zero attached hydrogens (tertiary/aromatic N) is 6. The van der Waals surface area contributed by atoms with E-state index in [9.17, 15) is 35.9 Å². The van der Waals surface area contributed by atoms with Crippen molar-refractivity contribution in [2.75, 3.05) is 39.4 Å². The molecule has 67 heavy (non-hydrogen) atoms. The summed E-state index contributed by atoms with van der Waals surface area (Å²) in [7, 11) is 0. The number of fused-ring (bicyclic) bond motifs is 2. The van der Waals surface area contributed by atoms with E-state index in [1.165, 1.54) is 0 Å². The highest BCUT2D eigenvalue weighted by Crippen LogP contribution is 2.34. The Morgan fingerprint density at radius 1 is 0.657 bits per heavy atom. The van der Waals surface area contributed by atoms with Crippen LogP contribution in [0.1, 0.15) is 94.7 Å². The first-order valence-corrected chi connectivity index (χ1v) is 24.1. The van der Waals surface area contributed by atoms with Crippen LogP contribution in [0.2, 0.25) is 0 Å². The van der Waals surface area contributed by atoms with E-state index in [2.05, 4.69) is 84.6 Å². The van der Waals surface area contributed by atoms with E-state index < -0.39 is 37.1 Å². The monoisotopic (exact) mass is 1050 g/mol. The number of halogens is 7. The Hall–Kier alpha value is -3.40. The third-order valence-corrected chi connectivity index (χ3v) is 11.4. The molecule has 2 aromatic carbocycles. The SMILES string of the molecule is CC(C)(C)Cc1nc2cc(Br)ccc2n1CCOC(F)(F)F.CC(C)(C)Cc1nc2cc(SC3CN(C(=O)OC(C)(C)C)C3)ccc2n1CCOC(F)(F)F.CC(C)(C)OC(=O)N1CC(S)C1. The zero-order valence-electron chi connectivity index (χ0n) is 40.3. The Labute approximate surface area is 407 Å². The maximum atomic E-state index is 12.5. The van der Waals surface area contributed by atoms with Crippen molar-refractivity contribution in [3.63, 3.8) is 0 Å². The summed E-state index contributed by atoms with van der Waals surface area (Å²) in [5, 5.41) is 0.587. The number of aromatic nitrogens is 4. The number of hydrogen-bond donors (Lipinski definition) is 1. The van der Waals surface area contributed by atoms with Gasteiger partial charge in [0.25, 0.3) is 0 Å². The smallest absolute Gasteiger partial charge is 0.444 e. The molecule has 2 aliphatic rings. The van der Waals surface area contributed by atoms with Gasteiger partial charge in [-0.15, -0.1) is 38.1 Å². The lowest BCUT2D eigenvalue weighted by atomic mass is 9.92. The van der Waals surface area contributed by atoms with E-state index >= 15 is 0 Å². The van der Waals surface area contributed by atoms with Crippen LogP contribution < -0.4 is 0 Å². The summed E-state index contributed by atoms with van der Waals surface area (Å²) in [4.78, 5) is 37.0. The van der Waals surface area contributed by atoms with Gasteiger partial charge in [0.1, 0.15) is 22.9 Å². The predicted molar refractivity (Wildman–Crippen MR) is 256 cm³/mol. The van der Waals surface area contributed by atoms with Crippen molar-refractivity contribution in [3.8, 4) is 0 Å². The molecule has 4 heterocycles. The fourth-order valence-electron chi connectivity index (χ4n) is 6.72. The second kappa shape index (κ2) is 22.1. The van der Waals surface area contributed by atoms with Gasteiger partial charge in [-0.2, -0.15) is 12.6 Å². The Bertz CT molecular complexity index is 2280. The number of likely N-dealkylation sites (tertiary alicyclic amines) is 2. The molecular weight excluding hydrogens is 991 g/mol. The summed E-state index contributed by atoms with van der Waals surface area (Å²) in [6, 6.07) is 11.4.